The van der Waals surface area contributed by atoms with Gasteiger partial charge in [0.2, 0.25) is 0 Å². The first-order valence-electron chi connectivity index (χ1n) is 28.3. The van der Waals surface area contributed by atoms with Crippen molar-refractivity contribution >= 4 is 110 Å². The third-order valence-corrected chi connectivity index (χ3v) is 16.4. The van der Waals surface area contributed by atoms with Crippen molar-refractivity contribution in [1.82, 2.24) is 14.5 Å². The van der Waals surface area contributed by atoms with E-state index in [1.165, 1.54) is 10.8 Å². The Labute approximate surface area is 480 Å². The van der Waals surface area contributed by atoms with Crippen LogP contribution in [0, 0.1) is 0 Å². The Bertz CT molecular complexity index is 4990. The van der Waals surface area contributed by atoms with Crippen LogP contribution >= 0.6 is 0 Å². The molecule has 0 radical (unpaired) electrons. The summed E-state index contributed by atoms with van der Waals surface area (Å²) in [5, 5.41) is 8.81. The highest BCUT2D eigenvalue weighted by Crippen LogP contribution is 2.46. The molecule has 16 rings (SSSR count). The molecule has 0 amide bonds. The first kappa shape index (κ1) is 47.8. The predicted octanol–water partition coefficient (Wildman–Crippen LogP) is 21.3. The van der Waals surface area contributed by atoms with Crippen molar-refractivity contribution in [3.63, 3.8) is 0 Å². The highest BCUT2D eigenvalue weighted by atomic mass is 15.1. The third kappa shape index (κ3) is 8.33. The Kier molecular flexibility index (Phi) is 11.5. The second-order valence-electron chi connectivity index (χ2n) is 21.4. The van der Waals surface area contributed by atoms with Crippen molar-refractivity contribution in [2.75, 3.05) is 9.80 Å². The van der Waals surface area contributed by atoms with Crippen molar-refractivity contribution in [3.8, 4) is 39.1 Å². The molecule has 2 heterocycles. The molecule has 83 heavy (non-hydrogen) atoms. The molecule has 0 N–H and O–H groups in total. The van der Waals surface area contributed by atoms with Gasteiger partial charge in [-0.25, -0.2) is 9.97 Å². The number of hydrogen-bond acceptors (Lipinski definition) is 4. The van der Waals surface area contributed by atoms with E-state index in [0.29, 0.717) is 0 Å². The van der Waals surface area contributed by atoms with E-state index in [1.54, 1.807) is 0 Å². The first-order valence-corrected chi connectivity index (χ1v) is 28.3. The molecule has 0 aliphatic rings. The van der Waals surface area contributed by atoms with E-state index in [-0.39, 0.29) is 0 Å². The molecule has 0 saturated heterocycles. The number of aromatic nitrogens is 3. The zero-order valence-electron chi connectivity index (χ0n) is 45.2. The number of rotatable bonds is 10. The molecular formula is C78H51N5. The molecule has 0 bridgehead atoms. The fourth-order valence-electron chi connectivity index (χ4n) is 12.6. The lowest BCUT2D eigenvalue weighted by Crippen LogP contribution is -2.10. The standard InChI is InChI=1S/C78H51N5/c1-7-21-52(22-8-1)58-46-59(53-23-9-2-10-24-53)48-66(47-58)83-73-43-37-57(56-36-35-54-25-19-20-26-55(54)45-56)49-71(73)75-74(83)44-42-72-78(75)80-77-68-41-39-65(82(62-31-15-5-16-32-62)63-33-17-6-18-34-63)51-70(68)69-50-64(38-40-67(69)76(77)79-72)81(60-27-11-3-12-28-60)61-29-13-4-14-30-61/h1-51H. The molecule has 0 aliphatic carbocycles. The third-order valence-electron chi connectivity index (χ3n) is 16.4. The van der Waals surface area contributed by atoms with Gasteiger partial charge in [-0.3, -0.25) is 0 Å². The average molecular weight is 1060 g/mol. The summed E-state index contributed by atoms with van der Waals surface area (Å²) in [6, 6.07) is 111. The fourth-order valence-corrected chi connectivity index (χ4v) is 12.6. The van der Waals surface area contributed by atoms with E-state index in [0.717, 1.165) is 139 Å². The van der Waals surface area contributed by atoms with Gasteiger partial charge in [0.25, 0.3) is 0 Å². The quantitative estimate of drug-likeness (QED) is 0.101. The van der Waals surface area contributed by atoms with Gasteiger partial charge in [-0.05, 0) is 176 Å². The maximum absolute atomic E-state index is 5.96. The maximum atomic E-state index is 5.96. The van der Waals surface area contributed by atoms with E-state index < -0.39 is 0 Å². The van der Waals surface area contributed by atoms with Crippen LogP contribution in [0.5, 0.6) is 0 Å². The van der Waals surface area contributed by atoms with E-state index >= 15 is 0 Å². The smallest absolute Gasteiger partial charge is 0.0995 e. The Morgan fingerprint density at radius 3 is 1.22 bits per heavy atom. The van der Waals surface area contributed by atoms with Gasteiger partial charge in [0, 0.05) is 61.4 Å². The maximum Gasteiger partial charge on any atom is 0.0995 e. The lowest BCUT2D eigenvalue weighted by atomic mass is 9.97. The number of anilines is 6. The highest BCUT2D eigenvalue weighted by Gasteiger charge is 2.23. The molecule has 0 spiro atoms. The Balaban J connectivity index is 0.996. The molecule has 2 aromatic heterocycles. The van der Waals surface area contributed by atoms with Gasteiger partial charge in [0.1, 0.15) is 0 Å². The number of para-hydroxylation sites is 4. The van der Waals surface area contributed by atoms with E-state index in [9.17, 15) is 0 Å². The molecule has 0 fully saturated rings. The van der Waals surface area contributed by atoms with Crippen LogP contribution in [0.2, 0.25) is 0 Å². The summed E-state index contributed by atoms with van der Waals surface area (Å²) in [6.45, 7) is 0. The summed E-state index contributed by atoms with van der Waals surface area (Å²) in [6.07, 6.45) is 0. The molecule has 388 valence electrons. The number of fused-ring (bicyclic) bond motifs is 12. The Morgan fingerprint density at radius 2 is 0.687 bits per heavy atom. The van der Waals surface area contributed by atoms with Crippen LogP contribution in [-0.2, 0) is 0 Å². The molecule has 14 aromatic carbocycles. The van der Waals surface area contributed by atoms with Gasteiger partial charge >= 0.3 is 0 Å². The molecule has 0 unspecified atom stereocenters. The summed E-state index contributed by atoms with van der Waals surface area (Å²) >= 11 is 0. The van der Waals surface area contributed by atoms with Crippen LogP contribution in [-0.4, -0.2) is 14.5 Å². The monoisotopic (exact) mass is 1060 g/mol. The average Bonchev–Trinajstić information content (AvgIpc) is 2.15. The second-order valence-corrected chi connectivity index (χ2v) is 21.4. The van der Waals surface area contributed by atoms with Gasteiger partial charge in [-0.1, -0.05) is 188 Å². The van der Waals surface area contributed by atoms with Gasteiger partial charge in [-0.2, -0.15) is 0 Å². The van der Waals surface area contributed by atoms with Gasteiger partial charge in [0.15, 0.2) is 0 Å². The SMILES string of the molecule is c1ccc(-c2cc(-c3ccccc3)cc(-n3c4ccc(-c5ccc6ccccc6c5)cc4c4c5nc6c7ccc(N(c8ccccc8)c8ccccc8)cc7c7cc(N(c8ccccc8)c8ccccc8)ccc7c6nc5ccc43)c2)cc1. The second kappa shape index (κ2) is 19.9. The van der Waals surface area contributed by atoms with Crippen molar-refractivity contribution in [1.29, 1.82) is 0 Å². The Hall–Kier alpha value is -11.1. The molecule has 5 nitrogen and oxygen atoms in total. The van der Waals surface area contributed by atoms with Crippen molar-refractivity contribution in [2.24, 2.45) is 0 Å². The van der Waals surface area contributed by atoms with Crippen LogP contribution in [0.25, 0.3) is 115 Å². The first-order chi connectivity index (χ1) is 41.1. The van der Waals surface area contributed by atoms with E-state index in [1.807, 2.05) is 0 Å². The largest absolute Gasteiger partial charge is 0.310 e. The molecule has 5 heteroatoms. The molecule has 0 saturated carbocycles. The minimum Gasteiger partial charge on any atom is -0.310 e. The summed E-state index contributed by atoms with van der Waals surface area (Å²) in [4.78, 5) is 16.4. The molecule has 0 atom stereocenters. The summed E-state index contributed by atoms with van der Waals surface area (Å²) in [5.74, 6) is 0. The fraction of sp³-hybridized carbons (Fsp3) is 0. The zero-order valence-corrected chi connectivity index (χ0v) is 45.2. The highest BCUT2D eigenvalue weighted by molar-refractivity contribution is 6.27. The van der Waals surface area contributed by atoms with Crippen LogP contribution in [0.15, 0.2) is 309 Å². The van der Waals surface area contributed by atoms with Gasteiger partial charge < -0.3 is 14.4 Å². The van der Waals surface area contributed by atoms with Crippen molar-refractivity contribution < 1.29 is 0 Å². The van der Waals surface area contributed by atoms with Crippen molar-refractivity contribution in [2.45, 2.75) is 0 Å². The molecule has 16 aromatic rings. The summed E-state index contributed by atoms with van der Waals surface area (Å²) in [7, 11) is 0. The molecule has 0 aliphatic heterocycles. The van der Waals surface area contributed by atoms with E-state index in [2.05, 4.69) is 324 Å². The minimum absolute atomic E-state index is 0.832. The summed E-state index contributed by atoms with van der Waals surface area (Å²) in [5.41, 5.74) is 19.9. The van der Waals surface area contributed by atoms with Crippen LogP contribution in [0.1, 0.15) is 0 Å². The van der Waals surface area contributed by atoms with Crippen LogP contribution in [0.4, 0.5) is 34.1 Å². The zero-order chi connectivity index (χ0) is 54.8. The number of hydrogen-bond donors (Lipinski definition) is 0. The minimum atomic E-state index is 0.832. The number of benzene rings is 14. The topological polar surface area (TPSA) is 37.2 Å². The van der Waals surface area contributed by atoms with E-state index in [4.69, 9.17) is 9.97 Å². The lowest BCUT2D eigenvalue weighted by Gasteiger charge is -2.27. The Morgan fingerprint density at radius 1 is 0.241 bits per heavy atom. The summed E-state index contributed by atoms with van der Waals surface area (Å²) < 4.78 is 2.44. The van der Waals surface area contributed by atoms with Crippen molar-refractivity contribution in [3.05, 3.63) is 309 Å². The van der Waals surface area contributed by atoms with Gasteiger partial charge in [0.05, 0.1) is 33.1 Å². The van der Waals surface area contributed by atoms with Crippen LogP contribution < -0.4 is 9.80 Å². The van der Waals surface area contributed by atoms with Crippen LogP contribution in [0.3, 0.4) is 0 Å². The predicted molar refractivity (Wildman–Crippen MR) is 350 cm³/mol. The molecular weight excluding hydrogens is 1010 g/mol. The van der Waals surface area contributed by atoms with Gasteiger partial charge in [-0.15, -0.1) is 0 Å². The number of nitrogens with zero attached hydrogens (tertiary/aromatic N) is 5. The normalized spacial score (nSPS) is 11.6. The lowest BCUT2D eigenvalue weighted by molar-refractivity contribution is 1.18.